The SMILES string of the molecule is CCNC(=NCCCOCC1CC1)NCCN1CCC(C)CC1.I. The number of rotatable bonds is 10. The van der Waals surface area contributed by atoms with Crippen molar-refractivity contribution >= 4 is 29.9 Å². The zero-order chi connectivity index (χ0) is 16.3. The zero-order valence-corrected chi connectivity index (χ0v) is 17.9. The summed E-state index contributed by atoms with van der Waals surface area (Å²) in [6, 6.07) is 0. The second-order valence-electron chi connectivity index (χ2n) is 7.08. The number of nitrogens with one attached hydrogen (secondary N) is 2. The molecule has 6 heteroatoms. The minimum atomic E-state index is 0. The maximum absolute atomic E-state index is 5.65. The van der Waals surface area contributed by atoms with Crippen molar-refractivity contribution in [3.63, 3.8) is 0 Å². The first-order valence-electron chi connectivity index (χ1n) is 9.60. The lowest BCUT2D eigenvalue weighted by Gasteiger charge is -2.30. The van der Waals surface area contributed by atoms with Gasteiger partial charge in [0.1, 0.15) is 0 Å². The van der Waals surface area contributed by atoms with Gasteiger partial charge in [0.25, 0.3) is 0 Å². The summed E-state index contributed by atoms with van der Waals surface area (Å²) in [5, 5.41) is 6.78. The van der Waals surface area contributed by atoms with E-state index in [0.717, 1.165) is 63.6 Å². The molecular weight excluding hydrogens is 415 g/mol. The Bertz CT molecular complexity index is 342. The average Bonchev–Trinajstić information content (AvgIpc) is 3.37. The number of aliphatic imine (C=N–C) groups is 1. The van der Waals surface area contributed by atoms with E-state index in [2.05, 4.69) is 34.4 Å². The van der Waals surface area contributed by atoms with Crippen LogP contribution in [0.4, 0.5) is 0 Å². The first-order chi connectivity index (χ1) is 11.3. The van der Waals surface area contributed by atoms with Crippen LogP contribution in [0.15, 0.2) is 4.99 Å². The lowest BCUT2D eigenvalue weighted by atomic mass is 9.99. The molecule has 0 bridgehead atoms. The Balaban J connectivity index is 0.00000288. The molecule has 0 unspecified atom stereocenters. The van der Waals surface area contributed by atoms with Gasteiger partial charge in [-0.1, -0.05) is 6.92 Å². The number of hydrogen-bond donors (Lipinski definition) is 2. The van der Waals surface area contributed by atoms with Gasteiger partial charge in [-0.05, 0) is 64.0 Å². The van der Waals surface area contributed by atoms with E-state index in [-0.39, 0.29) is 24.0 Å². The Hall–Kier alpha value is -0.0800. The van der Waals surface area contributed by atoms with Crippen LogP contribution in [0, 0.1) is 11.8 Å². The summed E-state index contributed by atoms with van der Waals surface area (Å²) < 4.78 is 5.65. The number of nitrogens with zero attached hydrogens (tertiary/aromatic N) is 2. The van der Waals surface area contributed by atoms with E-state index in [0.29, 0.717) is 0 Å². The number of hydrogen-bond acceptors (Lipinski definition) is 3. The highest BCUT2D eigenvalue weighted by Crippen LogP contribution is 2.28. The Morgan fingerprint density at radius 1 is 1.17 bits per heavy atom. The Labute approximate surface area is 165 Å². The number of halogens is 1. The third-order valence-corrected chi connectivity index (χ3v) is 4.71. The molecule has 0 radical (unpaired) electrons. The first kappa shape index (κ1) is 22.0. The fourth-order valence-corrected chi connectivity index (χ4v) is 2.85. The molecule has 2 fully saturated rings. The van der Waals surface area contributed by atoms with Crippen LogP contribution in [0.2, 0.25) is 0 Å². The lowest BCUT2D eigenvalue weighted by Crippen LogP contribution is -2.43. The molecule has 24 heavy (non-hydrogen) atoms. The summed E-state index contributed by atoms with van der Waals surface area (Å²) in [6.45, 7) is 12.6. The normalized spacial score (nSPS) is 19.8. The summed E-state index contributed by atoms with van der Waals surface area (Å²) in [6.07, 6.45) is 6.42. The van der Waals surface area contributed by atoms with Gasteiger partial charge in [-0.2, -0.15) is 0 Å². The van der Waals surface area contributed by atoms with Crippen molar-refractivity contribution in [1.82, 2.24) is 15.5 Å². The van der Waals surface area contributed by atoms with Gasteiger partial charge in [0, 0.05) is 39.4 Å². The van der Waals surface area contributed by atoms with Gasteiger partial charge in [0.2, 0.25) is 0 Å². The molecule has 0 atom stereocenters. The fourth-order valence-electron chi connectivity index (χ4n) is 2.85. The average molecular weight is 452 g/mol. The molecule has 1 aliphatic heterocycles. The van der Waals surface area contributed by atoms with Crippen LogP contribution in [-0.4, -0.2) is 63.3 Å². The predicted molar refractivity (Wildman–Crippen MR) is 112 cm³/mol. The van der Waals surface area contributed by atoms with Gasteiger partial charge in [0.15, 0.2) is 5.96 Å². The fraction of sp³-hybridized carbons (Fsp3) is 0.944. The summed E-state index contributed by atoms with van der Waals surface area (Å²) in [5.74, 6) is 2.70. The van der Waals surface area contributed by atoms with Crippen LogP contribution in [0.5, 0.6) is 0 Å². The van der Waals surface area contributed by atoms with Gasteiger partial charge in [-0.25, -0.2) is 0 Å². The standard InChI is InChI=1S/C18H36N4O.HI/c1-3-19-18(20-9-4-14-23-15-17-5-6-17)21-10-13-22-11-7-16(2)8-12-22;/h16-17H,3-15H2,1-2H3,(H2,19,20,21);1H. The second-order valence-corrected chi connectivity index (χ2v) is 7.08. The molecule has 1 saturated heterocycles. The zero-order valence-electron chi connectivity index (χ0n) is 15.6. The Kier molecular flexibility index (Phi) is 12.0. The maximum atomic E-state index is 5.65. The van der Waals surface area contributed by atoms with E-state index in [1.807, 2.05) is 0 Å². The molecule has 1 aliphatic carbocycles. The molecule has 5 nitrogen and oxygen atoms in total. The molecule has 0 aromatic rings. The Morgan fingerprint density at radius 2 is 1.92 bits per heavy atom. The second kappa shape index (κ2) is 13.2. The third kappa shape index (κ3) is 10.0. The van der Waals surface area contributed by atoms with Gasteiger partial charge < -0.3 is 20.3 Å². The number of guanidine groups is 1. The Morgan fingerprint density at radius 3 is 2.58 bits per heavy atom. The van der Waals surface area contributed by atoms with E-state index in [9.17, 15) is 0 Å². The van der Waals surface area contributed by atoms with E-state index in [1.54, 1.807) is 0 Å². The number of piperidine rings is 1. The van der Waals surface area contributed by atoms with Crippen LogP contribution >= 0.6 is 24.0 Å². The minimum Gasteiger partial charge on any atom is -0.381 e. The highest BCUT2D eigenvalue weighted by atomic mass is 127. The van der Waals surface area contributed by atoms with Crippen molar-refractivity contribution in [2.75, 3.05) is 52.5 Å². The maximum Gasteiger partial charge on any atom is 0.191 e. The molecule has 1 saturated carbocycles. The monoisotopic (exact) mass is 452 g/mol. The summed E-state index contributed by atoms with van der Waals surface area (Å²) >= 11 is 0. The summed E-state index contributed by atoms with van der Waals surface area (Å²) in [5.41, 5.74) is 0. The highest BCUT2D eigenvalue weighted by Gasteiger charge is 2.20. The van der Waals surface area contributed by atoms with E-state index in [1.165, 1.54) is 38.8 Å². The molecule has 0 aromatic heterocycles. The van der Waals surface area contributed by atoms with Gasteiger partial charge in [-0.15, -0.1) is 24.0 Å². The number of likely N-dealkylation sites (tertiary alicyclic amines) is 1. The third-order valence-electron chi connectivity index (χ3n) is 4.71. The van der Waals surface area contributed by atoms with Crippen LogP contribution in [0.1, 0.15) is 46.0 Å². The topological polar surface area (TPSA) is 48.9 Å². The van der Waals surface area contributed by atoms with Gasteiger partial charge in [-0.3, -0.25) is 4.99 Å². The van der Waals surface area contributed by atoms with Crippen LogP contribution in [-0.2, 0) is 4.74 Å². The summed E-state index contributed by atoms with van der Waals surface area (Å²) in [4.78, 5) is 7.19. The van der Waals surface area contributed by atoms with Crippen LogP contribution in [0.3, 0.4) is 0 Å². The summed E-state index contributed by atoms with van der Waals surface area (Å²) in [7, 11) is 0. The molecule has 2 aliphatic rings. The highest BCUT2D eigenvalue weighted by molar-refractivity contribution is 14.0. The molecule has 0 spiro atoms. The number of ether oxygens (including phenoxy) is 1. The molecule has 1 heterocycles. The molecule has 0 amide bonds. The van der Waals surface area contributed by atoms with Crippen molar-refractivity contribution in [3.05, 3.63) is 0 Å². The van der Waals surface area contributed by atoms with Crippen molar-refractivity contribution in [1.29, 1.82) is 0 Å². The van der Waals surface area contributed by atoms with Crippen molar-refractivity contribution in [2.24, 2.45) is 16.8 Å². The first-order valence-corrected chi connectivity index (χ1v) is 9.60. The molecule has 2 N–H and O–H groups in total. The molecule has 0 aromatic carbocycles. The van der Waals surface area contributed by atoms with Gasteiger partial charge >= 0.3 is 0 Å². The lowest BCUT2D eigenvalue weighted by molar-refractivity contribution is 0.123. The largest absolute Gasteiger partial charge is 0.381 e. The molecular formula is C18H37IN4O. The van der Waals surface area contributed by atoms with E-state index >= 15 is 0 Å². The molecule has 142 valence electrons. The van der Waals surface area contributed by atoms with E-state index < -0.39 is 0 Å². The van der Waals surface area contributed by atoms with Crippen molar-refractivity contribution < 1.29 is 4.74 Å². The smallest absolute Gasteiger partial charge is 0.191 e. The van der Waals surface area contributed by atoms with Crippen LogP contribution in [0.25, 0.3) is 0 Å². The van der Waals surface area contributed by atoms with Crippen molar-refractivity contribution in [2.45, 2.75) is 46.0 Å². The molecule has 2 rings (SSSR count). The quantitative estimate of drug-likeness (QED) is 0.232. The van der Waals surface area contributed by atoms with Crippen molar-refractivity contribution in [3.8, 4) is 0 Å². The minimum absolute atomic E-state index is 0. The van der Waals surface area contributed by atoms with Gasteiger partial charge in [0.05, 0.1) is 0 Å². The van der Waals surface area contributed by atoms with E-state index in [4.69, 9.17) is 4.74 Å². The predicted octanol–water partition coefficient (Wildman–Crippen LogP) is 2.71. The van der Waals surface area contributed by atoms with Crippen LogP contribution < -0.4 is 10.6 Å².